The second-order valence-corrected chi connectivity index (χ2v) is 6.37. The Balaban J connectivity index is 1.89. The highest BCUT2D eigenvalue weighted by Gasteiger charge is 2.30. The summed E-state index contributed by atoms with van der Waals surface area (Å²) in [6, 6.07) is 8.45. The molecular formula is C18H14ClF3N4O2. The maximum atomic E-state index is 12.6. The molecule has 0 unspecified atom stereocenters. The SMILES string of the molecule is CN(Cc1cccc(O)c1)c1cnn(-c2ccc(C(F)(F)F)cn2)c(=O)c1Cl. The van der Waals surface area contributed by atoms with Gasteiger partial charge >= 0.3 is 6.18 Å². The third-order valence-corrected chi connectivity index (χ3v) is 4.29. The number of phenolic OH excluding ortho intramolecular Hbond substituents is 1. The summed E-state index contributed by atoms with van der Waals surface area (Å²) in [6.07, 6.45) is -2.58. The van der Waals surface area contributed by atoms with Crippen molar-refractivity contribution < 1.29 is 18.3 Å². The summed E-state index contributed by atoms with van der Waals surface area (Å²) in [6.45, 7) is 0.345. The maximum Gasteiger partial charge on any atom is 0.417 e. The normalized spacial score (nSPS) is 11.5. The lowest BCUT2D eigenvalue weighted by Crippen LogP contribution is -2.26. The Hall–Kier alpha value is -3.07. The Bertz CT molecular complexity index is 1050. The second kappa shape index (κ2) is 7.51. The minimum Gasteiger partial charge on any atom is -0.508 e. The number of benzene rings is 1. The highest BCUT2D eigenvalue weighted by Crippen LogP contribution is 2.29. The van der Waals surface area contributed by atoms with E-state index in [1.165, 1.54) is 12.3 Å². The molecule has 0 bridgehead atoms. The third kappa shape index (κ3) is 4.09. The first-order chi connectivity index (χ1) is 13.2. The number of pyridine rings is 1. The predicted octanol–water partition coefficient (Wildman–Crippen LogP) is 3.64. The van der Waals surface area contributed by atoms with Gasteiger partial charge < -0.3 is 10.0 Å². The van der Waals surface area contributed by atoms with E-state index < -0.39 is 17.3 Å². The first kappa shape index (κ1) is 19.7. The molecule has 146 valence electrons. The van der Waals surface area contributed by atoms with E-state index >= 15 is 0 Å². The van der Waals surface area contributed by atoms with Crippen molar-refractivity contribution in [2.45, 2.75) is 12.7 Å². The molecule has 0 amide bonds. The van der Waals surface area contributed by atoms with E-state index in [1.54, 1.807) is 30.1 Å². The van der Waals surface area contributed by atoms with Crippen LogP contribution in [0.2, 0.25) is 5.02 Å². The molecular weight excluding hydrogens is 397 g/mol. The van der Waals surface area contributed by atoms with Gasteiger partial charge in [-0.1, -0.05) is 23.7 Å². The average molecular weight is 411 g/mol. The smallest absolute Gasteiger partial charge is 0.417 e. The quantitative estimate of drug-likeness (QED) is 0.711. The molecule has 3 aromatic rings. The molecule has 0 spiro atoms. The lowest BCUT2D eigenvalue weighted by Gasteiger charge is -2.20. The van der Waals surface area contributed by atoms with Gasteiger partial charge in [0.05, 0.1) is 17.4 Å². The number of halogens is 4. The molecule has 10 heteroatoms. The van der Waals surface area contributed by atoms with Gasteiger partial charge in [-0.25, -0.2) is 4.98 Å². The van der Waals surface area contributed by atoms with Crippen LogP contribution in [0.1, 0.15) is 11.1 Å². The molecule has 0 saturated carbocycles. The van der Waals surface area contributed by atoms with Crippen molar-refractivity contribution in [3.8, 4) is 11.6 Å². The first-order valence-corrected chi connectivity index (χ1v) is 8.35. The van der Waals surface area contributed by atoms with Crippen LogP contribution in [0.25, 0.3) is 5.82 Å². The van der Waals surface area contributed by atoms with Crippen molar-refractivity contribution in [3.05, 3.63) is 75.3 Å². The Morgan fingerprint density at radius 1 is 1.21 bits per heavy atom. The summed E-state index contributed by atoms with van der Waals surface area (Å²) in [5.74, 6) is 0.0287. The summed E-state index contributed by atoms with van der Waals surface area (Å²) in [5, 5.41) is 13.4. The van der Waals surface area contributed by atoms with Crippen LogP contribution in [0.4, 0.5) is 18.9 Å². The number of alkyl halides is 3. The van der Waals surface area contributed by atoms with Crippen LogP contribution in [0.15, 0.2) is 53.6 Å². The number of hydrogen-bond donors (Lipinski definition) is 1. The van der Waals surface area contributed by atoms with Crippen molar-refractivity contribution in [1.82, 2.24) is 14.8 Å². The van der Waals surface area contributed by atoms with Gasteiger partial charge in [0.15, 0.2) is 5.82 Å². The molecule has 1 aromatic carbocycles. The van der Waals surface area contributed by atoms with E-state index in [2.05, 4.69) is 10.1 Å². The lowest BCUT2D eigenvalue weighted by molar-refractivity contribution is -0.137. The zero-order chi connectivity index (χ0) is 20.5. The summed E-state index contributed by atoms with van der Waals surface area (Å²) in [7, 11) is 1.69. The highest BCUT2D eigenvalue weighted by molar-refractivity contribution is 6.33. The van der Waals surface area contributed by atoms with Gasteiger partial charge in [0.25, 0.3) is 5.56 Å². The van der Waals surface area contributed by atoms with E-state index in [0.29, 0.717) is 18.4 Å². The van der Waals surface area contributed by atoms with Gasteiger partial charge in [-0.2, -0.15) is 23.0 Å². The Labute approximate surface area is 162 Å². The number of anilines is 1. The van der Waals surface area contributed by atoms with E-state index in [-0.39, 0.29) is 16.6 Å². The van der Waals surface area contributed by atoms with Crippen molar-refractivity contribution in [2.75, 3.05) is 11.9 Å². The zero-order valence-corrected chi connectivity index (χ0v) is 15.2. The van der Waals surface area contributed by atoms with Gasteiger partial charge in [0.1, 0.15) is 10.8 Å². The number of hydrogen-bond acceptors (Lipinski definition) is 5. The van der Waals surface area contributed by atoms with Gasteiger partial charge in [0.2, 0.25) is 0 Å². The fourth-order valence-electron chi connectivity index (χ4n) is 2.55. The van der Waals surface area contributed by atoms with Crippen molar-refractivity contribution in [1.29, 1.82) is 0 Å². The van der Waals surface area contributed by atoms with E-state index in [4.69, 9.17) is 11.6 Å². The van der Waals surface area contributed by atoms with Crippen LogP contribution in [0.5, 0.6) is 5.75 Å². The van der Waals surface area contributed by atoms with Gasteiger partial charge in [-0.15, -0.1) is 0 Å². The topological polar surface area (TPSA) is 71.2 Å². The van der Waals surface area contributed by atoms with Gasteiger partial charge in [0, 0.05) is 19.8 Å². The number of rotatable bonds is 4. The number of aromatic hydroxyl groups is 1. The van der Waals surface area contributed by atoms with Crippen molar-refractivity contribution in [3.63, 3.8) is 0 Å². The maximum absolute atomic E-state index is 12.6. The minimum atomic E-state index is -4.53. The van der Waals surface area contributed by atoms with E-state index in [0.717, 1.165) is 22.4 Å². The summed E-state index contributed by atoms with van der Waals surface area (Å²) >= 11 is 6.17. The van der Waals surface area contributed by atoms with Gasteiger partial charge in [-0.3, -0.25) is 4.79 Å². The fraction of sp³-hybridized carbons (Fsp3) is 0.167. The molecule has 0 aliphatic carbocycles. The van der Waals surface area contributed by atoms with Crippen LogP contribution in [-0.4, -0.2) is 26.9 Å². The van der Waals surface area contributed by atoms with E-state index in [9.17, 15) is 23.1 Å². The molecule has 0 atom stereocenters. The molecule has 0 radical (unpaired) electrons. The molecule has 0 fully saturated rings. The molecule has 0 aliphatic rings. The van der Waals surface area contributed by atoms with Crippen LogP contribution >= 0.6 is 11.6 Å². The molecule has 28 heavy (non-hydrogen) atoms. The van der Waals surface area contributed by atoms with Crippen LogP contribution < -0.4 is 10.5 Å². The van der Waals surface area contributed by atoms with Crippen molar-refractivity contribution >= 4 is 17.3 Å². The van der Waals surface area contributed by atoms with Crippen LogP contribution in [-0.2, 0) is 12.7 Å². The molecule has 2 heterocycles. The third-order valence-electron chi connectivity index (χ3n) is 3.93. The Kier molecular flexibility index (Phi) is 5.28. The number of phenols is 1. The molecule has 0 saturated heterocycles. The second-order valence-electron chi connectivity index (χ2n) is 5.99. The van der Waals surface area contributed by atoms with E-state index in [1.807, 2.05) is 0 Å². The lowest BCUT2D eigenvalue weighted by atomic mass is 10.2. The number of nitrogens with zero attached hydrogens (tertiary/aromatic N) is 4. The molecule has 0 aliphatic heterocycles. The molecule has 2 aromatic heterocycles. The highest BCUT2D eigenvalue weighted by atomic mass is 35.5. The standard InChI is InChI=1S/C18H14ClF3N4O2/c1-25(10-11-3-2-4-13(27)7-11)14-9-24-26(17(28)16(14)19)15-6-5-12(8-23-15)18(20,21)22/h2-9,27H,10H2,1H3. The molecule has 3 rings (SSSR count). The average Bonchev–Trinajstić information content (AvgIpc) is 2.63. The van der Waals surface area contributed by atoms with Gasteiger partial charge in [-0.05, 0) is 29.8 Å². The largest absolute Gasteiger partial charge is 0.508 e. The van der Waals surface area contributed by atoms with Crippen molar-refractivity contribution in [2.24, 2.45) is 0 Å². The number of aromatic nitrogens is 3. The Morgan fingerprint density at radius 2 is 1.96 bits per heavy atom. The predicted molar refractivity (Wildman–Crippen MR) is 97.9 cm³/mol. The summed E-state index contributed by atoms with van der Waals surface area (Å²) < 4.78 is 38.8. The summed E-state index contributed by atoms with van der Waals surface area (Å²) in [4.78, 5) is 17.8. The zero-order valence-electron chi connectivity index (χ0n) is 14.5. The minimum absolute atomic E-state index is 0.0814. The van der Waals surface area contributed by atoms with Crippen LogP contribution in [0, 0.1) is 0 Å². The first-order valence-electron chi connectivity index (χ1n) is 7.97. The fourth-order valence-corrected chi connectivity index (χ4v) is 2.82. The van der Waals surface area contributed by atoms with Crippen LogP contribution in [0.3, 0.4) is 0 Å². The monoisotopic (exact) mass is 410 g/mol. The molecule has 6 nitrogen and oxygen atoms in total. The summed E-state index contributed by atoms with van der Waals surface area (Å²) in [5.41, 5.74) is -0.530. The Morgan fingerprint density at radius 3 is 2.57 bits per heavy atom. The molecule has 1 N–H and O–H groups in total.